The van der Waals surface area contributed by atoms with Crippen molar-refractivity contribution in [3.05, 3.63) is 81.1 Å². The van der Waals surface area contributed by atoms with Crippen molar-refractivity contribution in [2.24, 2.45) is 10.6 Å². The number of ketones is 1. The van der Waals surface area contributed by atoms with Crippen LogP contribution in [0.5, 0.6) is 0 Å². The van der Waals surface area contributed by atoms with Gasteiger partial charge in [0.1, 0.15) is 17.6 Å². The molecule has 4 amide bonds. The van der Waals surface area contributed by atoms with E-state index < -0.39 is 64.0 Å². The van der Waals surface area contributed by atoms with Gasteiger partial charge in [-0.2, -0.15) is 0 Å². The summed E-state index contributed by atoms with van der Waals surface area (Å²) < 4.78 is 1.85. The molecule has 0 bridgehead atoms. The van der Waals surface area contributed by atoms with Gasteiger partial charge in [-0.1, -0.05) is 75.1 Å². The Morgan fingerprint density at radius 3 is 2.42 bits per heavy atom. The van der Waals surface area contributed by atoms with Crippen LogP contribution in [0.25, 0.3) is 10.9 Å². The second-order valence-corrected chi connectivity index (χ2v) is 16.7. The first-order valence-corrected chi connectivity index (χ1v) is 19.3. The van der Waals surface area contributed by atoms with Crippen LogP contribution in [-0.2, 0) is 24.0 Å². The van der Waals surface area contributed by atoms with Crippen molar-refractivity contribution in [1.82, 2.24) is 25.4 Å². The molecule has 3 N–H and O–H groups in total. The quantitative estimate of drug-likeness (QED) is 0.225. The Morgan fingerprint density at radius 1 is 1.04 bits per heavy atom. The van der Waals surface area contributed by atoms with Gasteiger partial charge in [0.25, 0.3) is 11.8 Å². The maximum atomic E-state index is 14.9. The molecule has 1 aliphatic carbocycles. The molecule has 1 saturated heterocycles. The third kappa shape index (κ3) is 8.46. The Kier molecular flexibility index (Phi) is 11.2. The number of carbonyl (C=O) groups excluding carboxylic acids is 5. The minimum absolute atomic E-state index is 0.0219. The largest absolute Gasteiger partial charge is 0.387 e. The van der Waals surface area contributed by atoms with Crippen molar-refractivity contribution in [2.45, 2.75) is 116 Å². The summed E-state index contributed by atoms with van der Waals surface area (Å²) in [4.78, 5) is 90.4. The molecule has 292 valence electrons. The van der Waals surface area contributed by atoms with E-state index in [1.54, 1.807) is 51.1 Å². The van der Waals surface area contributed by atoms with Gasteiger partial charge in [0.2, 0.25) is 23.0 Å². The number of aromatic nitrogens is 1. The lowest BCUT2D eigenvalue weighted by Gasteiger charge is -2.35. The highest BCUT2D eigenvalue weighted by molar-refractivity contribution is 6.38. The molecule has 55 heavy (non-hydrogen) atoms. The standard InChI is InChI=1S/C41H49ClN6O7/c1-7-11-29(34(50)38(53)43-26-16-17-26)44-37(52)32-20-41(19-30(46-55-41)24-12-10-13-25(42)18-24)22-48(32)39(54)35(40(4,5)6)45-36(51)28-21-47(23(2)3)31-15-9-8-14-27(31)33(28)49/h8-10,12-15,18,21,23,26,29,32,35H,7,11,16-17,19-20,22H2,1-6H3,(H,43,53)(H,44,52)(H,45,51)/t29-,32-,35+,41+/m0/s1. The van der Waals surface area contributed by atoms with Crippen molar-refractivity contribution in [3.8, 4) is 0 Å². The molecule has 0 radical (unpaired) electrons. The average molecular weight is 773 g/mol. The molecule has 1 spiro atoms. The zero-order chi connectivity index (χ0) is 39.8. The molecule has 3 aliphatic rings. The van der Waals surface area contributed by atoms with Crippen molar-refractivity contribution in [1.29, 1.82) is 0 Å². The van der Waals surface area contributed by atoms with Gasteiger partial charge < -0.3 is 30.3 Å². The van der Waals surface area contributed by atoms with Crippen molar-refractivity contribution >= 4 is 57.6 Å². The number of rotatable bonds is 12. The molecule has 4 atom stereocenters. The number of halogens is 1. The highest BCUT2D eigenvalue weighted by Gasteiger charge is 2.56. The molecule has 2 aliphatic heterocycles. The van der Waals surface area contributed by atoms with Crippen LogP contribution in [0.3, 0.4) is 0 Å². The van der Waals surface area contributed by atoms with E-state index >= 15 is 0 Å². The highest BCUT2D eigenvalue weighted by Crippen LogP contribution is 2.40. The summed E-state index contributed by atoms with van der Waals surface area (Å²) in [5.74, 6) is -3.45. The number of hydrogen-bond donors (Lipinski definition) is 3. The Morgan fingerprint density at radius 2 is 1.76 bits per heavy atom. The van der Waals surface area contributed by atoms with E-state index in [2.05, 4.69) is 21.1 Å². The van der Waals surface area contributed by atoms with E-state index in [9.17, 15) is 28.8 Å². The third-order valence-electron chi connectivity index (χ3n) is 10.5. The average Bonchev–Trinajstić information content (AvgIpc) is 3.73. The van der Waals surface area contributed by atoms with E-state index in [0.29, 0.717) is 28.1 Å². The molecule has 6 rings (SSSR count). The molecule has 3 heterocycles. The summed E-state index contributed by atoms with van der Waals surface area (Å²) in [6, 6.07) is 10.6. The van der Waals surface area contributed by atoms with Crippen LogP contribution < -0.4 is 21.4 Å². The molecule has 1 aromatic heterocycles. The lowest BCUT2D eigenvalue weighted by Crippen LogP contribution is -2.59. The third-order valence-corrected chi connectivity index (χ3v) is 10.7. The fourth-order valence-corrected chi connectivity index (χ4v) is 7.53. The predicted molar refractivity (Wildman–Crippen MR) is 209 cm³/mol. The second-order valence-electron chi connectivity index (χ2n) is 16.3. The van der Waals surface area contributed by atoms with Crippen LogP contribution in [0.1, 0.15) is 102 Å². The zero-order valence-corrected chi connectivity index (χ0v) is 32.9. The van der Waals surface area contributed by atoms with Gasteiger partial charge in [0, 0.05) is 47.1 Å². The number of hydrogen-bond acceptors (Lipinski definition) is 8. The van der Waals surface area contributed by atoms with Gasteiger partial charge in [0.15, 0.2) is 5.60 Å². The number of Topliss-reactive ketones (excluding diaryl/α,β-unsaturated/α-hetero) is 1. The van der Waals surface area contributed by atoms with E-state index in [0.717, 1.165) is 18.4 Å². The lowest BCUT2D eigenvalue weighted by molar-refractivity contribution is -0.144. The lowest BCUT2D eigenvalue weighted by atomic mass is 9.85. The number of likely N-dealkylation sites (tertiary alicyclic amines) is 1. The van der Waals surface area contributed by atoms with Gasteiger partial charge in [-0.25, -0.2) is 0 Å². The number of nitrogens with zero attached hydrogens (tertiary/aromatic N) is 3. The smallest absolute Gasteiger partial charge is 0.289 e. The van der Waals surface area contributed by atoms with Crippen LogP contribution in [0, 0.1) is 5.41 Å². The van der Waals surface area contributed by atoms with Crippen LogP contribution in [0.15, 0.2) is 64.7 Å². The molecule has 13 nitrogen and oxygen atoms in total. The number of benzene rings is 2. The first-order chi connectivity index (χ1) is 26.0. The maximum absolute atomic E-state index is 14.9. The van der Waals surface area contributed by atoms with Crippen LogP contribution in [0.2, 0.25) is 5.02 Å². The van der Waals surface area contributed by atoms with E-state index in [1.165, 1.54) is 11.1 Å². The number of pyridine rings is 1. The first kappa shape index (κ1) is 39.6. The topological polar surface area (TPSA) is 168 Å². The Balaban J connectivity index is 1.32. The van der Waals surface area contributed by atoms with Crippen molar-refractivity contribution < 1.29 is 28.8 Å². The SMILES string of the molecule is CCC[C@H](NC(=O)[C@@H]1C[C@]2(CC(c3cccc(Cl)c3)=NO2)CN1C(=O)[C@@H](NC(=O)c1cn(C(C)C)c2ccccc2c1=O)C(C)(C)C)C(=O)C(=O)NC1CC1. The van der Waals surface area contributed by atoms with Crippen LogP contribution >= 0.6 is 11.6 Å². The normalized spacial score (nSPS) is 20.5. The van der Waals surface area contributed by atoms with Crippen molar-refractivity contribution in [2.75, 3.05) is 6.54 Å². The minimum atomic E-state index is -1.20. The molecular formula is C41H49ClN6O7. The predicted octanol–water partition coefficient (Wildman–Crippen LogP) is 4.68. The summed E-state index contributed by atoms with van der Waals surface area (Å²) in [6.07, 6.45) is 4.11. The summed E-state index contributed by atoms with van der Waals surface area (Å²) in [5, 5.41) is 13.6. The Labute approximate surface area is 325 Å². The van der Waals surface area contributed by atoms with E-state index in [-0.39, 0.29) is 43.5 Å². The molecule has 2 fully saturated rings. The summed E-state index contributed by atoms with van der Waals surface area (Å²) in [7, 11) is 0. The fraction of sp³-hybridized carbons (Fsp3) is 0.488. The van der Waals surface area contributed by atoms with Crippen LogP contribution in [0.4, 0.5) is 0 Å². The van der Waals surface area contributed by atoms with Crippen molar-refractivity contribution in [3.63, 3.8) is 0 Å². The van der Waals surface area contributed by atoms with Gasteiger partial charge in [-0.15, -0.1) is 0 Å². The summed E-state index contributed by atoms with van der Waals surface area (Å²) in [6.45, 7) is 11.0. The number of fused-ring (bicyclic) bond motifs is 1. The Hall–Kier alpha value is -5.04. The van der Waals surface area contributed by atoms with Gasteiger partial charge in [-0.05, 0) is 62.8 Å². The summed E-state index contributed by atoms with van der Waals surface area (Å²) >= 11 is 6.27. The van der Waals surface area contributed by atoms with Crippen LogP contribution in [-0.4, -0.2) is 80.9 Å². The van der Waals surface area contributed by atoms with E-state index in [4.69, 9.17) is 16.4 Å². The Bertz CT molecular complexity index is 2120. The first-order valence-electron chi connectivity index (χ1n) is 18.9. The fourth-order valence-electron chi connectivity index (χ4n) is 7.34. The molecule has 1 saturated carbocycles. The zero-order valence-electron chi connectivity index (χ0n) is 32.1. The van der Waals surface area contributed by atoms with Gasteiger partial charge >= 0.3 is 0 Å². The molecule has 2 aromatic carbocycles. The number of nitrogens with one attached hydrogen (secondary N) is 3. The van der Waals surface area contributed by atoms with Gasteiger partial charge in [-0.3, -0.25) is 28.8 Å². The number of para-hydroxylation sites is 1. The highest BCUT2D eigenvalue weighted by atomic mass is 35.5. The molecule has 0 unspecified atom stereocenters. The minimum Gasteiger partial charge on any atom is -0.387 e. The molecule has 14 heteroatoms. The number of oxime groups is 1. The molecule has 3 aromatic rings. The second kappa shape index (κ2) is 15.6. The summed E-state index contributed by atoms with van der Waals surface area (Å²) in [5.41, 5.74) is -0.593. The monoisotopic (exact) mass is 772 g/mol. The van der Waals surface area contributed by atoms with Gasteiger partial charge in [0.05, 0.1) is 23.8 Å². The maximum Gasteiger partial charge on any atom is 0.289 e. The number of carbonyl (C=O) groups is 5. The number of amides is 4. The molecular weight excluding hydrogens is 724 g/mol. The van der Waals surface area contributed by atoms with E-state index in [1.807, 2.05) is 43.5 Å².